The Bertz CT molecular complexity index is 714. The molecule has 0 spiro atoms. The Morgan fingerprint density at radius 2 is 1.83 bits per heavy atom. The standard InChI is InChI=1S/C16H22N2O5S/c1-12-16(20)17(8-9-23-2)11-15(19)18(12)10-13-4-6-14(7-5-13)24(3,21)22/h4-7,12H,8-11H2,1-3H3/t12-/m0/s1. The van der Waals surface area contributed by atoms with Crippen LogP contribution in [0.5, 0.6) is 0 Å². The molecule has 2 amide bonds. The van der Waals surface area contributed by atoms with Gasteiger partial charge in [-0.2, -0.15) is 0 Å². The quantitative estimate of drug-likeness (QED) is 0.733. The molecular weight excluding hydrogens is 332 g/mol. The second kappa shape index (κ2) is 7.31. The van der Waals surface area contributed by atoms with Crippen LogP contribution >= 0.6 is 0 Å². The van der Waals surface area contributed by atoms with E-state index < -0.39 is 15.9 Å². The van der Waals surface area contributed by atoms with Crippen molar-refractivity contribution in [3.8, 4) is 0 Å². The number of ether oxygens (including phenoxy) is 1. The lowest BCUT2D eigenvalue weighted by atomic mass is 10.1. The van der Waals surface area contributed by atoms with Crippen molar-refractivity contribution in [2.45, 2.75) is 24.4 Å². The van der Waals surface area contributed by atoms with Crippen LogP contribution in [-0.2, 0) is 30.7 Å². The van der Waals surface area contributed by atoms with E-state index in [1.807, 2.05) is 0 Å². The molecule has 1 saturated heterocycles. The van der Waals surface area contributed by atoms with Crippen LogP contribution in [0.1, 0.15) is 12.5 Å². The van der Waals surface area contributed by atoms with Crippen molar-refractivity contribution in [3.05, 3.63) is 29.8 Å². The van der Waals surface area contributed by atoms with E-state index in [1.54, 1.807) is 26.2 Å². The van der Waals surface area contributed by atoms with Gasteiger partial charge in [-0.3, -0.25) is 9.59 Å². The van der Waals surface area contributed by atoms with Crippen molar-refractivity contribution >= 4 is 21.7 Å². The SMILES string of the molecule is COCCN1CC(=O)N(Cc2ccc(S(C)(=O)=O)cc2)[C@@H](C)C1=O. The van der Waals surface area contributed by atoms with E-state index >= 15 is 0 Å². The van der Waals surface area contributed by atoms with Crippen molar-refractivity contribution in [1.82, 2.24) is 9.80 Å². The lowest BCUT2D eigenvalue weighted by Gasteiger charge is -2.38. The number of hydrogen-bond donors (Lipinski definition) is 0. The Labute approximate surface area is 142 Å². The van der Waals surface area contributed by atoms with Gasteiger partial charge in [0.05, 0.1) is 18.0 Å². The van der Waals surface area contributed by atoms with Crippen molar-refractivity contribution in [1.29, 1.82) is 0 Å². The number of amides is 2. The Balaban J connectivity index is 2.10. The van der Waals surface area contributed by atoms with Gasteiger partial charge in [-0.15, -0.1) is 0 Å². The first-order valence-corrected chi connectivity index (χ1v) is 9.49. The molecule has 0 unspecified atom stereocenters. The molecule has 1 aromatic carbocycles. The molecule has 0 saturated carbocycles. The van der Waals surface area contributed by atoms with Gasteiger partial charge in [0.1, 0.15) is 6.04 Å². The molecule has 0 aliphatic carbocycles. The van der Waals surface area contributed by atoms with E-state index in [0.717, 1.165) is 11.8 Å². The van der Waals surface area contributed by atoms with Crippen molar-refractivity contribution in [2.24, 2.45) is 0 Å². The average Bonchev–Trinajstić information content (AvgIpc) is 2.53. The summed E-state index contributed by atoms with van der Waals surface area (Å²) in [4.78, 5) is 28.0. The summed E-state index contributed by atoms with van der Waals surface area (Å²) in [6, 6.07) is 5.79. The van der Waals surface area contributed by atoms with Crippen LogP contribution in [-0.4, -0.2) is 69.1 Å². The topological polar surface area (TPSA) is 84.0 Å². The highest BCUT2D eigenvalue weighted by Crippen LogP contribution is 2.18. The predicted octanol–water partition coefficient (Wildman–Crippen LogP) is 0.296. The summed E-state index contributed by atoms with van der Waals surface area (Å²) in [7, 11) is -1.70. The molecule has 132 valence electrons. The molecule has 8 heteroatoms. The number of carbonyl (C=O) groups excluding carboxylic acids is 2. The minimum atomic E-state index is -3.25. The molecule has 7 nitrogen and oxygen atoms in total. The number of carbonyl (C=O) groups is 2. The van der Waals surface area contributed by atoms with Gasteiger partial charge in [-0.05, 0) is 24.6 Å². The number of benzene rings is 1. The summed E-state index contributed by atoms with van der Waals surface area (Å²) in [6.45, 7) is 2.78. The largest absolute Gasteiger partial charge is 0.383 e. The fraction of sp³-hybridized carbons (Fsp3) is 0.500. The van der Waals surface area contributed by atoms with Crippen LogP contribution in [0.2, 0.25) is 0 Å². The second-order valence-electron chi connectivity index (χ2n) is 5.87. The minimum Gasteiger partial charge on any atom is -0.383 e. The highest BCUT2D eigenvalue weighted by atomic mass is 32.2. The van der Waals surface area contributed by atoms with E-state index in [0.29, 0.717) is 13.2 Å². The zero-order chi connectivity index (χ0) is 17.9. The van der Waals surface area contributed by atoms with Gasteiger partial charge in [0.2, 0.25) is 11.8 Å². The van der Waals surface area contributed by atoms with E-state index in [-0.39, 0.29) is 29.8 Å². The highest BCUT2D eigenvalue weighted by molar-refractivity contribution is 7.90. The molecule has 0 radical (unpaired) electrons. The highest BCUT2D eigenvalue weighted by Gasteiger charge is 2.36. The summed E-state index contributed by atoms with van der Waals surface area (Å²) >= 11 is 0. The maximum Gasteiger partial charge on any atom is 0.245 e. The zero-order valence-electron chi connectivity index (χ0n) is 14.1. The monoisotopic (exact) mass is 354 g/mol. The van der Waals surface area contributed by atoms with Crippen molar-refractivity contribution < 1.29 is 22.7 Å². The number of hydrogen-bond acceptors (Lipinski definition) is 5. The average molecular weight is 354 g/mol. The van der Waals surface area contributed by atoms with Gasteiger partial charge in [0.15, 0.2) is 9.84 Å². The van der Waals surface area contributed by atoms with E-state index in [1.165, 1.54) is 21.9 Å². The van der Waals surface area contributed by atoms with Crippen LogP contribution in [0.4, 0.5) is 0 Å². The van der Waals surface area contributed by atoms with Crippen LogP contribution in [0.15, 0.2) is 29.2 Å². The first kappa shape index (κ1) is 18.4. The van der Waals surface area contributed by atoms with Crippen LogP contribution in [0.25, 0.3) is 0 Å². The fourth-order valence-corrected chi connectivity index (χ4v) is 3.23. The molecule has 1 aromatic rings. The van der Waals surface area contributed by atoms with Crippen molar-refractivity contribution in [2.75, 3.05) is 33.1 Å². The molecular formula is C16H22N2O5S. The first-order chi connectivity index (χ1) is 11.2. The fourth-order valence-electron chi connectivity index (χ4n) is 2.60. The molecule has 2 rings (SSSR count). The van der Waals surface area contributed by atoms with E-state index in [9.17, 15) is 18.0 Å². The Morgan fingerprint density at radius 3 is 2.38 bits per heavy atom. The molecule has 0 N–H and O–H groups in total. The van der Waals surface area contributed by atoms with Gasteiger partial charge in [0.25, 0.3) is 0 Å². The smallest absolute Gasteiger partial charge is 0.245 e. The lowest BCUT2D eigenvalue weighted by molar-refractivity contribution is -0.156. The summed E-state index contributed by atoms with van der Waals surface area (Å²) in [6.07, 6.45) is 1.14. The number of rotatable bonds is 6. The van der Waals surface area contributed by atoms with E-state index in [4.69, 9.17) is 4.74 Å². The third-order valence-electron chi connectivity index (χ3n) is 4.05. The third kappa shape index (κ3) is 4.12. The predicted molar refractivity (Wildman–Crippen MR) is 88.0 cm³/mol. The van der Waals surface area contributed by atoms with E-state index in [2.05, 4.69) is 0 Å². The van der Waals surface area contributed by atoms with Crippen LogP contribution < -0.4 is 0 Å². The maximum atomic E-state index is 12.4. The first-order valence-electron chi connectivity index (χ1n) is 7.60. The van der Waals surface area contributed by atoms with Gasteiger partial charge >= 0.3 is 0 Å². The van der Waals surface area contributed by atoms with Gasteiger partial charge in [-0.1, -0.05) is 12.1 Å². The Morgan fingerprint density at radius 1 is 1.21 bits per heavy atom. The molecule has 0 bridgehead atoms. The normalized spacial score (nSPS) is 19.0. The number of nitrogens with zero attached hydrogens (tertiary/aromatic N) is 2. The number of piperazine rings is 1. The van der Waals surface area contributed by atoms with Gasteiger partial charge in [0, 0.05) is 26.5 Å². The number of methoxy groups -OCH3 is 1. The minimum absolute atomic E-state index is 0.0357. The summed E-state index contributed by atoms with van der Waals surface area (Å²) in [5.41, 5.74) is 0.778. The van der Waals surface area contributed by atoms with Crippen LogP contribution in [0, 0.1) is 0 Å². The molecule has 1 fully saturated rings. The zero-order valence-corrected chi connectivity index (χ0v) is 14.9. The summed E-state index contributed by atoms with van der Waals surface area (Å²) in [5, 5.41) is 0. The van der Waals surface area contributed by atoms with Gasteiger partial charge in [-0.25, -0.2) is 8.42 Å². The Hall–Kier alpha value is -1.93. The number of sulfone groups is 1. The summed E-state index contributed by atoms with van der Waals surface area (Å²) in [5.74, 6) is -0.246. The van der Waals surface area contributed by atoms with Gasteiger partial charge < -0.3 is 14.5 Å². The van der Waals surface area contributed by atoms with Crippen LogP contribution in [0.3, 0.4) is 0 Å². The lowest BCUT2D eigenvalue weighted by Crippen LogP contribution is -2.58. The molecule has 1 aliphatic rings. The second-order valence-corrected chi connectivity index (χ2v) is 7.88. The van der Waals surface area contributed by atoms with Crippen molar-refractivity contribution in [3.63, 3.8) is 0 Å². The molecule has 24 heavy (non-hydrogen) atoms. The molecule has 0 aromatic heterocycles. The third-order valence-corrected chi connectivity index (χ3v) is 5.18. The maximum absolute atomic E-state index is 12.4. The molecule has 1 atom stereocenters. The molecule has 1 heterocycles. The summed E-state index contributed by atoms with van der Waals surface area (Å²) < 4.78 is 27.9. The Kier molecular flexibility index (Phi) is 5.61. The molecule has 1 aliphatic heterocycles.